The van der Waals surface area contributed by atoms with E-state index in [-0.39, 0.29) is 12.3 Å². The summed E-state index contributed by atoms with van der Waals surface area (Å²) in [5, 5.41) is 10.5. The third-order valence-corrected chi connectivity index (χ3v) is 4.97. The van der Waals surface area contributed by atoms with E-state index in [9.17, 15) is 14.7 Å². The molecule has 0 bridgehead atoms. The second kappa shape index (κ2) is 6.91. The second-order valence-electron chi connectivity index (χ2n) is 6.92. The Hall–Kier alpha value is -1.92. The minimum absolute atomic E-state index is 0.0169. The van der Waals surface area contributed by atoms with Gasteiger partial charge in [0.1, 0.15) is 0 Å². The number of para-hydroxylation sites is 1. The Bertz CT molecular complexity index is 634. The number of β-amino-alcohol motifs (C(OH)–C–C–N with tert-alkyl or cyclic N) is 1. The number of hydrogen-bond acceptors (Lipinski definition) is 4. The predicted octanol–water partition coefficient (Wildman–Crippen LogP) is 0.668. The molecule has 3 N–H and O–H groups in total. The van der Waals surface area contributed by atoms with Crippen LogP contribution >= 0.6 is 0 Å². The van der Waals surface area contributed by atoms with Gasteiger partial charge in [-0.3, -0.25) is 14.5 Å². The zero-order chi connectivity index (χ0) is 17.2. The summed E-state index contributed by atoms with van der Waals surface area (Å²) in [6.45, 7) is 2.58. The summed E-state index contributed by atoms with van der Waals surface area (Å²) in [7, 11) is 0. The van der Waals surface area contributed by atoms with Crippen molar-refractivity contribution in [3.8, 4) is 0 Å². The van der Waals surface area contributed by atoms with Crippen molar-refractivity contribution in [2.75, 3.05) is 31.1 Å². The Morgan fingerprint density at radius 1 is 1.25 bits per heavy atom. The number of likely N-dealkylation sites (tertiary alicyclic amines) is 1. The van der Waals surface area contributed by atoms with Gasteiger partial charge in [0.2, 0.25) is 11.8 Å². The number of anilines is 1. The molecule has 1 saturated heterocycles. The molecule has 2 aliphatic rings. The van der Waals surface area contributed by atoms with Crippen LogP contribution in [0.15, 0.2) is 24.3 Å². The Morgan fingerprint density at radius 3 is 2.83 bits per heavy atom. The number of primary amides is 1. The molecule has 6 nitrogen and oxygen atoms in total. The van der Waals surface area contributed by atoms with Gasteiger partial charge >= 0.3 is 0 Å². The molecule has 1 aromatic rings. The number of fused-ring (bicyclic) bond motifs is 1. The van der Waals surface area contributed by atoms with Crippen LogP contribution < -0.4 is 10.6 Å². The molecule has 0 saturated carbocycles. The highest BCUT2D eigenvalue weighted by molar-refractivity contribution is 5.95. The third kappa shape index (κ3) is 3.76. The fourth-order valence-electron chi connectivity index (χ4n) is 3.85. The van der Waals surface area contributed by atoms with Gasteiger partial charge < -0.3 is 15.7 Å². The third-order valence-electron chi connectivity index (χ3n) is 4.97. The fourth-order valence-corrected chi connectivity index (χ4v) is 3.85. The Morgan fingerprint density at radius 2 is 2.04 bits per heavy atom. The van der Waals surface area contributed by atoms with Crippen molar-refractivity contribution >= 4 is 17.5 Å². The molecule has 2 amide bonds. The van der Waals surface area contributed by atoms with E-state index in [0.29, 0.717) is 25.9 Å². The maximum atomic E-state index is 12.6. The molecule has 2 aliphatic heterocycles. The number of aliphatic hydroxyl groups is 1. The Labute approximate surface area is 142 Å². The highest BCUT2D eigenvalue weighted by atomic mass is 16.3. The highest BCUT2D eigenvalue weighted by Gasteiger charge is 2.35. The largest absolute Gasteiger partial charge is 0.388 e. The number of rotatable bonds is 5. The van der Waals surface area contributed by atoms with E-state index >= 15 is 0 Å². The standard InChI is InChI=1S/C18H25N3O3/c19-16(22)12-18(24)8-3-9-20(13-18)10-7-17(23)21-11-6-14-4-1-2-5-15(14)21/h1-2,4-5,24H,3,6-13H2,(H2,19,22). The van der Waals surface area contributed by atoms with Gasteiger partial charge in [0.05, 0.1) is 12.0 Å². The summed E-state index contributed by atoms with van der Waals surface area (Å²) < 4.78 is 0. The summed E-state index contributed by atoms with van der Waals surface area (Å²) in [5.74, 6) is -0.368. The van der Waals surface area contributed by atoms with Crippen LogP contribution in [-0.2, 0) is 16.0 Å². The molecule has 1 aromatic carbocycles. The van der Waals surface area contributed by atoms with Crippen molar-refractivity contribution in [3.05, 3.63) is 29.8 Å². The van der Waals surface area contributed by atoms with Gasteiger partial charge in [-0.15, -0.1) is 0 Å². The smallest absolute Gasteiger partial charge is 0.228 e. The lowest BCUT2D eigenvalue weighted by atomic mass is 9.89. The SMILES string of the molecule is NC(=O)CC1(O)CCCN(CCC(=O)N2CCc3ccccc32)C1. The lowest BCUT2D eigenvalue weighted by Crippen LogP contribution is -2.50. The molecular formula is C18H25N3O3. The lowest BCUT2D eigenvalue weighted by Gasteiger charge is -2.38. The first kappa shape index (κ1) is 16.9. The first-order valence-electron chi connectivity index (χ1n) is 8.58. The zero-order valence-corrected chi connectivity index (χ0v) is 13.9. The van der Waals surface area contributed by atoms with E-state index in [1.807, 2.05) is 23.1 Å². The molecule has 1 atom stereocenters. The van der Waals surface area contributed by atoms with Crippen LogP contribution in [0.2, 0.25) is 0 Å². The second-order valence-corrected chi connectivity index (χ2v) is 6.92. The number of hydrogen-bond donors (Lipinski definition) is 2. The van der Waals surface area contributed by atoms with Crippen molar-refractivity contribution < 1.29 is 14.7 Å². The minimum atomic E-state index is -1.05. The molecule has 6 heteroatoms. The fraction of sp³-hybridized carbons (Fsp3) is 0.556. The van der Waals surface area contributed by atoms with E-state index in [0.717, 1.165) is 31.6 Å². The van der Waals surface area contributed by atoms with Crippen LogP contribution in [0.25, 0.3) is 0 Å². The molecule has 1 unspecified atom stereocenters. The predicted molar refractivity (Wildman–Crippen MR) is 91.6 cm³/mol. The normalized spacial score (nSPS) is 24.0. The van der Waals surface area contributed by atoms with E-state index in [1.54, 1.807) is 0 Å². The average molecular weight is 331 g/mol. The molecule has 0 aromatic heterocycles. The van der Waals surface area contributed by atoms with Crippen LogP contribution in [0.4, 0.5) is 5.69 Å². The average Bonchev–Trinajstić information content (AvgIpc) is 2.95. The molecule has 24 heavy (non-hydrogen) atoms. The Balaban J connectivity index is 1.54. The first-order valence-corrected chi connectivity index (χ1v) is 8.58. The molecule has 3 rings (SSSR count). The number of nitrogens with two attached hydrogens (primary N) is 1. The Kier molecular flexibility index (Phi) is 4.87. The van der Waals surface area contributed by atoms with Gasteiger partial charge in [-0.05, 0) is 37.4 Å². The molecule has 130 valence electrons. The quantitative estimate of drug-likeness (QED) is 0.830. The van der Waals surface area contributed by atoms with Gasteiger partial charge in [-0.2, -0.15) is 0 Å². The van der Waals surface area contributed by atoms with Crippen LogP contribution in [-0.4, -0.2) is 53.6 Å². The molecule has 1 fully saturated rings. The van der Waals surface area contributed by atoms with Gasteiger partial charge in [0.25, 0.3) is 0 Å². The molecular weight excluding hydrogens is 306 g/mol. The van der Waals surface area contributed by atoms with Crippen molar-refractivity contribution in [3.63, 3.8) is 0 Å². The number of nitrogens with zero attached hydrogens (tertiary/aromatic N) is 2. The first-order chi connectivity index (χ1) is 11.5. The maximum absolute atomic E-state index is 12.6. The highest BCUT2D eigenvalue weighted by Crippen LogP contribution is 2.28. The van der Waals surface area contributed by atoms with Crippen LogP contribution in [0.5, 0.6) is 0 Å². The summed E-state index contributed by atoms with van der Waals surface area (Å²) >= 11 is 0. The van der Waals surface area contributed by atoms with E-state index in [1.165, 1.54) is 5.56 Å². The zero-order valence-electron chi connectivity index (χ0n) is 13.9. The van der Waals surface area contributed by atoms with Crippen LogP contribution in [0, 0.1) is 0 Å². The molecule has 0 radical (unpaired) electrons. The lowest BCUT2D eigenvalue weighted by molar-refractivity contribution is -0.126. The maximum Gasteiger partial charge on any atom is 0.228 e. The summed E-state index contributed by atoms with van der Waals surface area (Å²) in [5.41, 5.74) is 6.42. The van der Waals surface area contributed by atoms with Crippen molar-refractivity contribution in [2.24, 2.45) is 5.73 Å². The van der Waals surface area contributed by atoms with Crippen molar-refractivity contribution in [1.82, 2.24) is 4.90 Å². The van der Waals surface area contributed by atoms with Crippen molar-refractivity contribution in [1.29, 1.82) is 0 Å². The van der Waals surface area contributed by atoms with Gasteiger partial charge in [0.15, 0.2) is 0 Å². The molecule has 0 spiro atoms. The molecule has 2 heterocycles. The molecule has 0 aliphatic carbocycles. The van der Waals surface area contributed by atoms with Gasteiger partial charge in [0, 0.05) is 31.7 Å². The van der Waals surface area contributed by atoms with Gasteiger partial charge in [-0.1, -0.05) is 18.2 Å². The summed E-state index contributed by atoms with van der Waals surface area (Å²) in [6, 6.07) is 8.02. The number of benzene rings is 1. The van der Waals surface area contributed by atoms with E-state index in [2.05, 4.69) is 11.0 Å². The minimum Gasteiger partial charge on any atom is -0.388 e. The number of carbonyl (C=O) groups excluding carboxylic acids is 2. The topological polar surface area (TPSA) is 86.9 Å². The van der Waals surface area contributed by atoms with Gasteiger partial charge in [-0.25, -0.2) is 0 Å². The van der Waals surface area contributed by atoms with Crippen LogP contribution in [0.3, 0.4) is 0 Å². The number of piperidine rings is 1. The summed E-state index contributed by atoms with van der Waals surface area (Å²) in [6.07, 6.45) is 2.70. The van der Waals surface area contributed by atoms with E-state index < -0.39 is 11.5 Å². The van der Waals surface area contributed by atoms with E-state index in [4.69, 9.17) is 5.73 Å². The van der Waals surface area contributed by atoms with Crippen molar-refractivity contribution in [2.45, 2.75) is 37.7 Å². The summed E-state index contributed by atoms with van der Waals surface area (Å²) in [4.78, 5) is 27.6. The monoisotopic (exact) mass is 331 g/mol. The van der Waals surface area contributed by atoms with Crippen LogP contribution in [0.1, 0.15) is 31.2 Å². The number of amides is 2. The number of carbonyl (C=O) groups is 2.